The molecule has 0 saturated carbocycles. The zero-order valence-electron chi connectivity index (χ0n) is 11.3. The molecule has 98 valence electrons. The van der Waals surface area contributed by atoms with Crippen LogP contribution in [0.5, 0.6) is 0 Å². The highest BCUT2D eigenvalue weighted by molar-refractivity contribution is 5.31. The highest BCUT2D eigenvalue weighted by Gasteiger charge is 2.28. The zero-order valence-corrected chi connectivity index (χ0v) is 11.3. The van der Waals surface area contributed by atoms with E-state index >= 15 is 0 Å². The summed E-state index contributed by atoms with van der Waals surface area (Å²) in [5.74, 6) is 1.01. The van der Waals surface area contributed by atoms with Gasteiger partial charge in [-0.3, -0.25) is 0 Å². The molecule has 0 bridgehead atoms. The smallest absolute Gasteiger partial charge is 0.394 e. The van der Waals surface area contributed by atoms with E-state index in [1.54, 1.807) is 6.08 Å². The number of halogens is 2. The van der Waals surface area contributed by atoms with E-state index in [2.05, 4.69) is 13.8 Å². The van der Waals surface area contributed by atoms with E-state index in [0.717, 1.165) is 25.3 Å². The van der Waals surface area contributed by atoms with Crippen LogP contribution in [-0.2, 0) is 4.74 Å². The second-order valence-electron chi connectivity index (χ2n) is 5.33. The van der Waals surface area contributed by atoms with Crippen LogP contribution in [-0.4, -0.2) is 6.11 Å². The van der Waals surface area contributed by atoms with Crippen molar-refractivity contribution in [1.29, 1.82) is 0 Å². The van der Waals surface area contributed by atoms with E-state index in [9.17, 15) is 8.78 Å². The van der Waals surface area contributed by atoms with Gasteiger partial charge in [0.05, 0.1) is 0 Å². The SMILES string of the molecule is CC(C)C1=CC(OC(C)(F)F)=C(C(C)C)CC1. The molecule has 0 saturated heterocycles. The summed E-state index contributed by atoms with van der Waals surface area (Å²) in [6, 6.07) is 0. The molecule has 0 atom stereocenters. The molecule has 0 aromatic heterocycles. The number of alkyl halides is 2. The topological polar surface area (TPSA) is 9.23 Å². The normalized spacial score (nSPS) is 17.8. The van der Waals surface area contributed by atoms with Gasteiger partial charge in [0.15, 0.2) is 0 Å². The summed E-state index contributed by atoms with van der Waals surface area (Å²) in [7, 11) is 0. The molecule has 0 fully saturated rings. The van der Waals surface area contributed by atoms with Crippen molar-refractivity contribution in [3.05, 3.63) is 23.0 Å². The van der Waals surface area contributed by atoms with Gasteiger partial charge < -0.3 is 4.74 Å². The highest BCUT2D eigenvalue weighted by Crippen LogP contribution is 2.35. The summed E-state index contributed by atoms with van der Waals surface area (Å²) >= 11 is 0. The van der Waals surface area contributed by atoms with Crippen molar-refractivity contribution in [3.8, 4) is 0 Å². The molecule has 0 aromatic rings. The van der Waals surface area contributed by atoms with Crippen molar-refractivity contribution in [3.63, 3.8) is 0 Å². The molecule has 17 heavy (non-hydrogen) atoms. The Morgan fingerprint density at radius 2 is 1.71 bits per heavy atom. The van der Waals surface area contributed by atoms with Gasteiger partial charge >= 0.3 is 6.11 Å². The average Bonchev–Trinajstić information content (AvgIpc) is 2.14. The van der Waals surface area contributed by atoms with E-state index < -0.39 is 6.11 Å². The van der Waals surface area contributed by atoms with Crippen LogP contribution in [0.3, 0.4) is 0 Å². The predicted molar refractivity (Wildman–Crippen MR) is 65.7 cm³/mol. The summed E-state index contributed by atoms with van der Waals surface area (Å²) in [4.78, 5) is 0. The third-order valence-corrected chi connectivity index (χ3v) is 3.04. The molecule has 0 radical (unpaired) electrons. The van der Waals surface area contributed by atoms with Crippen LogP contribution < -0.4 is 0 Å². The molecule has 1 aliphatic rings. The van der Waals surface area contributed by atoms with Crippen molar-refractivity contribution in [2.75, 3.05) is 0 Å². The Morgan fingerprint density at radius 3 is 2.12 bits per heavy atom. The predicted octanol–water partition coefficient (Wildman–Crippen LogP) is 4.90. The van der Waals surface area contributed by atoms with Crippen molar-refractivity contribution >= 4 is 0 Å². The number of hydrogen-bond acceptors (Lipinski definition) is 1. The van der Waals surface area contributed by atoms with Gasteiger partial charge in [0.25, 0.3) is 0 Å². The first-order valence-corrected chi connectivity index (χ1v) is 6.21. The molecule has 0 amide bonds. The Bertz CT molecular complexity index is 333. The summed E-state index contributed by atoms with van der Waals surface area (Å²) in [6.07, 6.45) is 0.479. The number of rotatable bonds is 4. The minimum Gasteiger partial charge on any atom is -0.433 e. The Labute approximate surface area is 103 Å². The third-order valence-electron chi connectivity index (χ3n) is 3.04. The zero-order chi connectivity index (χ0) is 13.2. The van der Waals surface area contributed by atoms with Crippen molar-refractivity contribution in [1.82, 2.24) is 0 Å². The maximum Gasteiger partial charge on any atom is 0.394 e. The lowest BCUT2D eigenvalue weighted by Crippen LogP contribution is -2.18. The fourth-order valence-electron chi connectivity index (χ4n) is 2.05. The molecule has 0 unspecified atom stereocenters. The summed E-state index contributed by atoms with van der Waals surface area (Å²) in [6.45, 7) is 8.97. The Morgan fingerprint density at radius 1 is 1.12 bits per heavy atom. The third kappa shape index (κ3) is 4.14. The van der Waals surface area contributed by atoms with Crippen molar-refractivity contribution in [2.45, 2.75) is 53.6 Å². The van der Waals surface area contributed by atoms with Gasteiger partial charge in [-0.15, -0.1) is 0 Å². The van der Waals surface area contributed by atoms with Gasteiger partial charge in [0, 0.05) is 6.92 Å². The van der Waals surface area contributed by atoms with Crippen LogP contribution in [0.4, 0.5) is 8.78 Å². The molecule has 1 aliphatic carbocycles. The number of hydrogen-bond donors (Lipinski definition) is 0. The minimum absolute atomic E-state index is 0.248. The van der Waals surface area contributed by atoms with Gasteiger partial charge in [-0.1, -0.05) is 33.3 Å². The summed E-state index contributed by atoms with van der Waals surface area (Å²) in [5, 5.41) is 0. The average molecular weight is 244 g/mol. The van der Waals surface area contributed by atoms with Crippen LogP contribution in [0.1, 0.15) is 47.5 Å². The maximum absolute atomic E-state index is 13.0. The molecule has 0 N–H and O–H groups in total. The van der Waals surface area contributed by atoms with Gasteiger partial charge in [-0.25, -0.2) is 0 Å². The molecule has 3 heteroatoms. The van der Waals surface area contributed by atoms with Crippen LogP contribution >= 0.6 is 0 Å². The molecule has 1 nitrogen and oxygen atoms in total. The van der Waals surface area contributed by atoms with Gasteiger partial charge in [0.1, 0.15) is 5.76 Å². The number of allylic oxidation sites excluding steroid dienone is 3. The lowest BCUT2D eigenvalue weighted by Gasteiger charge is -2.26. The molecular formula is C14H22F2O. The highest BCUT2D eigenvalue weighted by atomic mass is 19.3. The largest absolute Gasteiger partial charge is 0.433 e. The Balaban J connectivity index is 3.04. The van der Waals surface area contributed by atoms with E-state index in [0.29, 0.717) is 11.7 Å². The second kappa shape index (κ2) is 5.19. The minimum atomic E-state index is -3.11. The fourth-order valence-corrected chi connectivity index (χ4v) is 2.05. The van der Waals surface area contributed by atoms with E-state index in [-0.39, 0.29) is 5.92 Å². The van der Waals surface area contributed by atoms with Crippen molar-refractivity contribution < 1.29 is 13.5 Å². The Kier molecular flexibility index (Phi) is 4.34. The summed E-state index contributed by atoms with van der Waals surface area (Å²) in [5.41, 5.74) is 2.18. The standard InChI is InChI=1S/C14H22F2O/c1-9(2)11-6-7-12(10(3)4)13(8-11)17-14(5,15)16/h8-10H,6-7H2,1-5H3. The first kappa shape index (κ1) is 14.2. The van der Waals surface area contributed by atoms with Crippen LogP contribution in [0, 0.1) is 11.8 Å². The quantitative estimate of drug-likeness (QED) is 0.683. The van der Waals surface area contributed by atoms with Gasteiger partial charge in [-0.05, 0) is 36.3 Å². The Hall–Kier alpha value is -0.860. The first-order chi connectivity index (χ1) is 7.70. The summed E-state index contributed by atoms with van der Waals surface area (Å²) < 4.78 is 30.8. The monoisotopic (exact) mass is 244 g/mol. The molecule has 0 aromatic carbocycles. The van der Waals surface area contributed by atoms with E-state index in [1.807, 2.05) is 13.8 Å². The number of ether oxygens (including phenoxy) is 1. The molecular weight excluding hydrogens is 222 g/mol. The molecule has 0 aliphatic heterocycles. The molecule has 0 spiro atoms. The lowest BCUT2D eigenvalue weighted by molar-refractivity contribution is -0.196. The molecule has 0 heterocycles. The lowest BCUT2D eigenvalue weighted by atomic mass is 9.86. The van der Waals surface area contributed by atoms with Gasteiger partial charge in [-0.2, -0.15) is 8.78 Å². The van der Waals surface area contributed by atoms with E-state index in [4.69, 9.17) is 4.74 Å². The van der Waals surface area contributed by atoms with Crippen LogP contribution in [0.15, 0.2) is 23.0 Å². The van der Waals surface area contributed by atoms with Gasteiger partial charge in [0.2, 0.25) is 0 Å². The van der Waals surface area contributed by atoms with E-state index in [1.165, 1.54) is 5.57 Å². The maximum atomic E-state index is 13.0. The van der Waals surface area contributed by atoms with Crippen LogP contribution in [0.25, 0.3) is 0 Å². The van der Waals surface area contributed by atoms with Crippen molar-refractivity contribution in [2.24, 2.45) is 11.8 Å². The second-order valence-corrected chi connectivity index (χ2v) is 5.33. The first-order valence-electron chi connectivity index (χ1n) is 6.21. The fraction of sp³-hybridized carbons (Fsp3) is 0.714. The van der Waals surface area contributed by atoms with Crippen LogP contribution in [0.2, 0.25) is 0 Å². The molecule has 1 rings (SSSR count).